The van der Waals surface area contributed by atoms with Crippen LogP contribution in [-0.2, 0) is 4.79 Å². The van der Waals surface area contributed by atoms with Gasteiger partial charge in [0.25, 0.3) is 0 Å². The van der Waals surface area contributed by atoms with E-state index in [0.29, 0.717) is 6.54 Å². The molecule has 0 fully saturated rings. The fourth-order valence-electron chi connectivity index (χ4n) is 0.942. The zero-order chi connectivity index (χ0) is 11.1. The number of rotatable bonds is 5. The normalized spacial score (nSPS) is 12.9. The van der Waals surface area contributed by atoms with E-state index in [9.17, 15) is 4.79 Å². The summed E-state index contributed by atoms with van der Waals surface area (Å²) in [5.74, 6) is -0.0206. The van der Waals surface area contributed by atoms with E-state index in [0.717, 1.165) is 4.88 Å². The molecule has 0 spiro atoms. The average Bonchev–Trinajstić information content (AvgIpc) is 2.75. The molecule has 1 rings (SSSR count). The minimum absolute atomic E-state index is 0.0922. The van der Waals surface area contributed by atoms with Gasteiger partial charge in [0.1, 0.15) is 0 Å². The minimum atomic E-state index is -0.122. The lowest BCUT2D eigenvalue weighted by Crippen LogP contribution is -2.27. The van der Waals surface area contributed by atoms with Gasteiger partial charge < -0.3 is 10.4 Å². The number of hydrogen-bond acceptors (Lipinski definition) is 3. The minimum Gasteiger partial charge on any atom is -0.396 e. The molecule has 4 heteroatoms. The second-order valence-corrected chi connectivity index (χ2v) is 4.36. The SMILES string of the molecule is CC(CO)CNC(=O)C=Cc1cccs1. The smallest absolute Gasteiger partial charge is 0.244 e. The van der Waals surface area contributed by atoms with Gasteiger partial charge >= 0.3 is 0 Å². The van der Waals surface area contributed by atoms with Crippen molar-refractivity contribution in [2.45, 2.75) is 6.92 Å². The molecule has 15 heavy (non-hydrogen) atoms. The van der Waals surface area contributed by atoms with Crippen molar-refractivity contribution in [1.82, 2.24) is 5.32 Å². The van der Waals surface area contributed by atoms with Crippen molar-refractivity contribution in [3.05, 3.63) is 28.5 Å². The number of aliphatic hydroxyl groups excluding tert-OH is 1. The summed E-state index contributed by atoms with van der Waals surface area (Å²) in [4.78, 5) is 12.3. The highest BCUT2D eigenvalue weighted by atomic mass is 32.1. The van der Waals surface area contributed by atoms with Crippen LogP contribution in [0.3, 0.4) is 0 Å². The Morgan fingerprint density at radius 1 is 1.73 bits per heavy atom. The maximum Gasteiger partial charge on any atom is 0.244 e. The van der Waals surface area contributed by atoms with Gasteiger partial charge in [-0.3, -0.25) is 4.79 Å². The van der Waals surface area contributed by atoms with Gasteiger partial charge in [-0.1, -0.05) is 13.0 Å². The number of carbonyl (C=O) groups excluding carboxylic acids is 1. The molecule has 1 atom stereocenters. The molecular formula is C11H15NO2S. The van der Waals surface area contributed by atoms with Gasteiger partial charge in [0, 0.05) is 24.1 Å². The molecule has 3 nitrogen and oxygen atoms in total. The third-order valence-electron chi connectivity index (χ3n) is 1.88. The molecule has 0 saturated heterocycles. The molecule has 82 valence electrons. The van der Waals surface area contributed by atoms with Crippen LogP contribution in [-0.4, -0.2) is 24.2 Å². The van der Waals surface area contributed by atoms with E-state index in [4.69, 9.17) is 5.11 Å². The number of aliphatic hydroxyl groups is 1. The van der Waals surface area contributed by atoms with Gasteiger partial charge in [-0.25, -0.2) is 0 Å². The molecule has 1 aromatic rings. The number of carbonyl (C=O) groups is 1. The van der Waals surface area contributed by atoms with Gasteiger partial charge in [0.05, 0.1) is 0 Å². The molecule has 1 unspecified atom stereocenters. The molecule has 0 aliphatic rings. The summed E-state index contributed by atoms with van der Waals surface area (Å²) in [6.07, 6.45) is 3.29. The maximum atomic E-state index is 11.3. The molecule has 1 heterocycles. The third-order valence-corrected chi connectivity index (χ3v) is 2.72. The van der Waals surface area contributed by atoms with Crippen molar-refractivity contribution < 1.29 is 9.90 Å². The standard InChI is InChI=1S/C11H15NO2S/c1-9(8-13)7-12-11(14)5-4-10-3-2-6-15-10/h2-6,9,13H,7-8H2,1H3,(H,12,14). The van der Waals surface area contributed by atoms with Crippen LogP contribution >= 0.6 is 11.3 Å². The Morgan fingerprint density at radius 2 is 2.53 bits per heavy atom. The van der Waals surface area contributed by atoms with Crippen molar-refractivity contribution in [3.63, 3.8) is 0 Å². The Hall–Kier alpha value is -1.13. The molecular weight excluding hydrogens is 210 g/mol. The highest BCUT2D eigenvalue weighted by molar-refractivity contribution is 7.10. The molecule has 2 N–H and O–H groups in total. The van der Waals surface area contributed by atoms with E-state index in [1.54, 1.807) is 17.4 Å². The summed E-state index contributed by atoms with van der Waals surface area (Å²) >= 11 is 1.59. The maximum absolute atomic E-state index is 11.3. The van der Waals surface area contributed by atoms with Gasteiger partial charge in [0.2, 0.25) is 5.91 Å². The van der Waals surface area contributed by atoms with Crippen molar-refractivity contribution in [1.29, 1.82) is 0 Å². The summed E-state index contributed by atoms with van der Waals surface area (Å²) in [7, 11) is 0. The van der Waals surface area contributed by atoms with Crippen molar-refractivity contribution in [2.24, 2.45) is 5.92 Å². The fourth-order valence-corrected chi connectivity index (χ4v) is 1.56. The van der Waals surface area contributed by atoms with Gasteiger partial charge in [-0.2, -0.15) is 0 Å². The zero-order valence-corrected chi connectivity index (χ0v) is 9.46. The van der Waals surface area contributed by atoms with E-state index in [2.05, 4.69) is 5.32 Å². The van der Waals surface area contributed by atoms with Gasteiger partial charge in [0.15, 0.2) is 0 Å². The number of amides is 1. The number of nitrogens with one attached hydrogen (secondary N) is 1. The fraction of sp³-hybridized carbons (Fsp3) is 0.364. The van der Waals surface area contributed by atoms with Crippen LogP contribution < -0.4 is 5.32 Å². The molecule has 0 radical (unpaired) electrons. The van der Waals surface area contributed by atoms with Crippen LogP contribution in [0.5, 0.6) is 0 Å². The number of hydrogen-bond donors (Lipinski definition) is 2. The molecule has 0 aliphatic heterocycles. The van der Waals surface area contributed by atoms with Crippen molar-refractivity contribution >= 4 is 23.3 Å². The molecule has 0 aromatic carbocycles. The van der Waals surface area contributed by atoms with Gasteiger partial charge in [-0.05, 0) is 23.4 Å². The van der Waals surface area contributed by atoms with Crippen LogP contribution in [0.4, 0.5) is 0 Å². The highest BCUT2D eigenvalue weighted by Crippen LogP contribution is 2.09. The third kappa shape index (κ3) is 4.76. The monoisotopic (exact) mass is 225 g/mol. The number of thiophene rings is 1. The van der Waals surface area contributed by atoms with Crippen molar-refractivity contribution in [3.8, 4) is 0 Å². The van der Waals surface area contributed by atoms with E-state index in [1.807, 2.05) is 24.4 Å². The molecule has 0 saturated carbocycles. The quantitative estimate of drug-likeness (QED) is 0.746. The van der Waals surface area contributed by atoms with Crippen LogP contribution in [0.1, 0.15) is 11.8 Å². The lowest BCUT2D eigenvalue weighted by atomic mass is 10.2. The Labute approximate surface area is 93.4 Å². The molecule has 0 bridgehead atoms. The zero-order valence-electron chi connectivity index (χ0n) is 8.64. The summed E-state index contributed by atoms with van der Waals surface area (Å²) in [5.41, 5.74) is 0. The predicted octanol–water partition coefficient (Wildman–Crippen LogP) is 1.51. The first-order chi connectivity index (χ1) is 7.22. The molecule has 0 aliphatic carbocycles. The molecule has 1 aromatic heterocycles. The summed E-state index contributed by atoms with van der Waals surface area (Å²) in [6.45, 7) is 2.47. The summed E-state index contributed by atoms with van der Waals surface area (Å²) in [5, 5.41) is 13.4. The van der Waals surface area contributed by atoms with Gasteiger partial charge in [-0.15, -0.1) is 11.3 Å². The van der Waals surface area contributed by atoms with Crippen LogP contribution in [0.2, 0.25) is 0 Å². The topological polar surface area (TPSA) is 49.3 Å². The first-order valence-electron chi connectivity index (χ1n) is 4.82. The van der Waals surface area contributed by atoms with E-state index in [1.165, 1.54) is 6.08 Å². The van der Waals surface area contributed by atoms with Crippen molar-refractivity contribution in [2.75, 3.05) is 13.2 Å². The Balaban J connectivity index is 2.30. The van der Waals surface area contributed by atoms with E-state index >= 15 is 0 Å². The van der Waals surface area contributed by atoms with Crippen LogP contribution in [0.25, 0.3) is 6.08 Å². The first-order valence-corrected chi connectivity index (χ1v) is 5.70. The average molecular weight is 225 g/mol. The lowest BCUT2D eigenvalue weighted by molar-refractivity contribution is -0.116. The Morgan fingerprint density at radius 3 is 3.13 bits per heavy atom. The van der Waals surface area contributed by atoms with Crippen LogP contribution in [0, 0.1) is 5.92 Å². The lowest BCUT2D eigenvalue weighted by Gasteiger charge is -2.07. The summed E-state index contributed by atoms with van der Waals surface area (Å²) in [6, 6.07) is 3.89. The second kappa shape index (κ2) is 6.37. The van der Waals surface area contributed by atoms with Crippen LogP contribution in [0.15, 0.2) is 23.6 Å². The molecule has 1 amide bonds. The Bertz CT molecular complexity index is 319. The van der Waals surface area contributed by atoms with E-state index in [-0.39, 0.29) is 18.4 Å². The summed E-state index contributed by atoms with van der Waals surface area (Å²) < 4.78 is 0. The van der Waals surface area contributed by atoms with E-state index < -0.39 is 0 Å². The Kier molecular flexibility index (Phi) is 5.07. The first kappa shape index (κ1) is 11.9. The highest BCUT2D eigenvalue weighted by Gasteiger charge is 2.01. The second-order valence-electron chi connectivity index (χ2n) is 3.38. The largest absolute Gasteiger partial charge is 0.396 e. The predicted molar refractivity (Wildman–Crippen MR) is 62.6 cm³/mol.